The number of carbonyl (C=O) groups excluding carboxylic acids is 1. The van der Waals surface area contributed by atoms with Gasteiger partial charge in [0.05, 0.1) is 17.7 Å². The molecule has 0 spiro atoms. The number of halogens is 1. The summed E-state index contributed by atoms with van der Waals surface area (Å²) in [5.74, 6) is 0.538. The first-order chi connectivity index (χ1) is 10.2. The summed E-state index contributed by atoms with van der Waals surface area (Å²) in [5.41, 5.74) is 0.476. The van der Waals surface area contributed by atoms with Crippen LogP contribution in [-0.4, -0.2) is 42.9 Å². The molecule has 1 saturated carbocycles. The molecule has 2 atom stereocenters. The van der Waals surface area contributed by atoms with Gasteiger partial charge in [0.2, 0.25) is 0 Å². The topological polar surface area (TPSA) is 63.4 Å². The number of carbonyl (C=O) groups is 1. The second kappa shape index (κ2) is 6.81. The summed E-state index contributed by atoms with van der Waals surface area (Å²) in [4.78, 5) is 15.0. The molecule has 0 bridgehead atoms. The summed E-state index contributed by atoms with van der Waals surface area (Å²) < 4.78 is 11.4. The van der Waals surface area contributed by atoms with Crippen molar-refractivity contribution < 1.29 is 14.3 Å². The Bertz CT molecular complexity index is 487. The number of nitrogens with one attached hydrogen (secondary N) is 2. The molecular weight excluding hydrogens is 292 g/mol. The van der Waals surface area contributed by atoms with Crippen molar-refractivity contribution in [2.24, 2.45) is 5.92 Å². The summed E-state index contributed by atoms with van der Waals surface area (Å²) in [7, 11) is 0. The molecule has 1 saturated heterocycles. The Hall–Kier alpha value is -1.04. The molecular formula is C15H21ClN2O3. The van der Waals surface area contributed by atoms with Gasteiger partial charge in [-0.25, -0.2) is 0 Å². The van der Waals surface area contributed by atoms with E-state index in [0.717, 1.165) is 13.0 Å². The van der Waals surface area contributed by atoms with Gasteiger partial charge in [0.1, 0.15) is 11.8 Å². The highest BCUT2D eigenvalue weighted by atomic mass is 35.5. The molecule has 21 heavy (non-hydrogen) atoms. The number of aromatic nitrogens is 1. The van der Waals surface area contributed by atoms with Crippen LogP contribution in [-0.2, 0) is 9.47 Å². The summed E-state index contributed by atoms with van der Waals surface area (Å²) in [6, 6.07) is 1.62. The third-order valence-corrected chi connectivity index (χ3v) is 4.50. The molecule has 2 fully saturated rings. The first kappa shape index (κ1) is 14.9. The van der Waals surface area contributed by atoms with Crippen LogP contribution in [0.25, 0.3) is 0 Å². The maximum atomic E-state index is 12.2. The second-order valence-corrected chi connectivity index (χ2v) is 6.28. The smallest absolute Gasteiger partial charge is 0.268 e. The van der Waals surface area contributed by atoms with Crippen molar-refractivity contribution in [1.82, 2.24) is 10.3 Å². The first-order valence-electron chi connectivity index (χ1n) is 7.56. The molecule has 116 valence electrons. The fourth-order valence-corrected chi connectivity index (χ4v) is 2.87. The average molecular weight is 313 g/mol. The van der Waals surface area contributed by atoms with E-state index in [2.05, 4.69) is 10.3 Å². The van der Waals surface area contributed by atoms with Gasteiger partial charge in [0.25, 0.3) is 5.91 Å². The molecule has 0 aromatic carbocycles. The summed E-state index contributed by atoms with van der Waals surface area (Å²) in [6.07, 6.45) is 6.13. The van der Waals surface area contributed by atoms with Crippen LogP contribution >= 0.6 is 11.6 Å². The van der Waals surface area contributed by atoms with Crippen molar-refractivity contribution in [3.8, 4) is 0 Å². The first-order valence-corrected chi connectivity index (χ1v) is 7.94. The lowest BCUT2D eigenvalue weighted by Gasteiger charge is -2.34. The monoisotopic (exact) mass is 312 g/mol. The second-order valence-electron chi connectivity index (χ2n) is 5.84. The number of rotatable bonds is 5. The lowest BCUT2D eigenvalue weighted by atomic mass is 9.86. The Morgan fingerprint density at radius 1 is 1.48 bits per heavy atom. The predicted molar refractivity (Wildman–Crippen MR) is 79.6 cm³/mol. The van der Waals surface area contributed by atoms with Crippen LogP contribution < -0.4 is 5.32 Å². The van der Waals surface area contributed by atoms with Gasteiger partial charge in [-0.2, -0.15) is 0 Å². The molecule has 2 N–H and O–H groups in total. The largest absolute Gasteiger partial charge is 0.379 e. The minimum absolute atomic E-state index is 0.00611. The molecule has 3 rings (SSSR count). The molecule has 1 aliphatic carbocycles. The van der Waals surface area contributed by atoms with Crippen LogP contribution in [0.2, 0.25) is 5.02 Å². The number of H-pyrrole nitrogens is 1. The normalized spacial score (nSPS) is 26.3. The van der Waals surface area contributed by atoms with Crippen LogP contribution in [0, 0.1) is 5.92 Å². The molecule has 2 heterocycles. The third-order valence-electron chi connectivity index (χ3n) is 4.28. The van der Waals surface area contributed by atoms with Gasteiger partial charge >= 0.3 is 0 Å². The summed E-state index contributed by atoms with van der Waals surface area (Å²) in [5, 5.41) is 3.56. The van der Waals surface area contributed by atoms with Crippen LogP contribution in [0.15, 0.2) is 12.3 Å². The van der Waals surface area contributed by atoms with Crippen LogP contribution in [0.5, 0.6) is 0 Å². The number of ether oxygens (including phenoxy) is 2. The lowest BCUT2D eigenvalue weighted by Crippen LogP contribution is -2.50. The third kappa shape index (κ3) is 3.78. The molecule has 1 aliphatic heterocycles. The fraction of sp³-hybridized carbons (Fsp3) is 0.667. The van der Waals surface area contributed by atoms with E-state index in [0.29, 0.717) is 29.8 Å². The molecule has 0 unspecified atom stereocenters. The highest BCUT2D eigenvalue weighted by molar-refractivity contribution is 6.30. The number of aromatic amines is 1. The van der Waals surface area contributed by atoms with E-state index in [1.165, 1.54) is 19.3 Å². The van der Waals surface area contributed by atoms with Gasteiger partial charge in [-0.3, -0.25) is 4.79 Å². The van der Waals surface area contributed by atoms with E-state index in [-0.39, 0.29) is 18.1 Å². The quantitative estimate of drug-likeness (QED) is 0.877. The number of amides is 1. The molecule has 2 aliphatic rings. The number of hydrogen-bond acceptors (Lipinski definition) is 3. The van der Waals surface area contributed by atoms with E-state index in [1.807, 2.05) is 0 Å². The van der Waals surface area contributed by atoms with Gasteiger partial charge in [-0.1, -0.05) is 18.0 Å². The van der Waals surface area contributed by atoms with Gasteiger partial charge in [0, 0.05) is 19.4 Å². The van der Waals surface area contributed by atoms with Gasteiger partial charge in [-0.15, -0.1) is 0 Å². The molecule has 1 amide bonds. The van der Waals surface area contributed by atoms with Crippen LogP contribution in [0.1, 0.15) is 36.2 Å². The minimum Gasteiger partial charge on any atom is -0.379 e. The zero-order valence-corrected chi connectivity index (χ0v) is 12.7. The van der Waals surface area contributed by atoms with E-state index in [1.54, 1.807) is 12.3 Å². The van der Waals surface area contributed by atoms with Gasteiger partial charge < -0.3 is 19.8 Å². The molecule has 5 nitrogen and oxygen atoms in total. The van der Waals surface area contributed by atoms with Gasteiger partial charge in [-0.05, 0) is 31.2 Å². The fourth-order valence-electron chi connectivity index (χ4n) is 2.71. The lowest BCUT2D eigenvalue weighted by molar-refractivity contribution is -0.0819. The maximum absolute atomic E-state index is 12.2. The van der Waals surface area contributed by atoms with Crippen molar-refractivity contribution in [1.29, 1.82) is 0 Å². The Labute approximate surface area is 129 Å². The molecule has 1 aromatic heterocycles. The van der Waals surface area contributed by atoms with E-state index < -0.39 is 0 Å². The Morgan fingerprint density at radius 2 is 2.33 bits per heavy atom. The van der Waals surface area contributed by atoms with Crippen molar-refractivity contribution in [2.75, 3.05) is 19.8 Å². The van der Waals surface area contributed by atoms with E-state index in [4.69, 9.17) is 21.1 Å². The molecule has 1 aromatic rings. The number of hydrogen-bond donors (Lipinski definition) is 2. The Morgan fingerprint density at radius 3 is 3.00 bits per heavy atom. The molecule has 6 heteroatoms. The SMILES string of the molecule is O=C(N[C@@H]1CCOC[C@H]1OCC1CCC1)c1cc(Cl)c[nH]1. The van der Waals surface area contributed by atoms with Crippen molar-refractivity contribution in [2.45, 2.75) is 37.8 Å². The average Bonchev–Trinajstić information content (AvgIpc) is 2.85. The zero-order chi connectivity index (χ0) is 14.7. The standard InChI is InChI=1S/C15H21ClN2O3/c16-11-6-13(17-7-11)15(19)18-12-4-5-20-9-14(12)21-8-10-2-1-3-10/h6-7,10,12,14,17H,1-5,8-9H2,(H,18,19)/t12-,14-/m1/s1. The van der Waals surface area contributed by atoms with Crippen LogP contribution in [0.3, 0.4) is 0 Å². The zero-order valence-electron chi connectivity index (χ0n) is 11.9. The predicted octanol–water partition coefficient (Wildman–Crippen LogP) is 2.37. The van der Waals surface area contributed by atoms with Crippen molar-refractivity contribution in [3.63, 3.8) is 0 Å². The van der Waals surface area contributed by atoms with Crippen LogP contribution in [0.4, 0.5) is 0 Å². The Balaban J connectivity index is 1.54. The maximum Gasteiger partial charge on any atom is 0.268 e. The van der Waals surface area contributed by atoms with E-state index >= 15 is 0 Å². The van der Waals surface area contributed by atoms with E-state index in [9.17, 15) is 4.79 Å². The minimum atomic E-state index is -0.147. The highest BCUT2D eigenvalue weighted by Crippen LogP contribution is 2.27. The van der Waals surface area contributed by atoms with Gasteiger partial charge in [0.15, 0.2) is 0 Å². The molecule has 0 radical (unpaired) electrons. The van der Waals surface area contributed by atoms with Crippen molar-refractivity contribution in [3.05, 3.63) is 23.0 Å². The highest BCUT2D eigenvalue weighted by Gasteiger charge is 2.30. The Kier molecular flexibility index (Phi) is 4.83. The summed E-state index contributed by atoms with van der Waals surface area (Å²) >= 11 is 5.83. The van der Waals surface area contributed by atoms with Crippen molar-refractivity contribution >= 4 is 17.5 Å². The summed E-state index contributed by atoms with van der Waals surface area (Å²) in [6.45, 7) is 1.97.